The molecule has 0 saturated carbocycles. The van der Waals surface area contributed by atoms with Crippen LogP contribution in [0.2, 0.25) is 0 Å². The molecule has 0 radical (unpaired) electrons. The SMILES string of the molecule is CCC(O)(CC)COc1ccc(Br)cc1C(C)N. The van der Waals surface area contributed by atoms with Crippen molar-refractivity contribution in [2.24, 2.45) is 5.73 Å². The number of hydrogen-bond donors (Lipinski definition) is 2. The first-order valence-electron chi connectivity index (χ1n) is 6.32. The zero-order valence-corrected chi connectivity index (χ0v) is 12.8. The first-order chi connectivity index (χ1) is 8.41. The Kier molecular flexibility index (Phi) is 5.63. The van der Waals surface area contributed by atoms with Gasteiger partial charge in [0.15, 0.2) is 0 Å². The van der Waals surface area contributed by atoms with Crippen molar-refractivity contribution in [1.29, 1.82) is 0 Å². The summed E-state index contributed by atoms with van der Waals surface area (Å²) in [4.78, 5) is 0. The van der Waals surface area contributed by atoms with E-state index in [9.17, 15) is 5.11 Å². The second-order valence-corrected chi connectivity index (χ2v) is 5.61. The maximum atomic E-state index is 10.2. The number of hydrogen-bond acceptors (Lipinski definition) is 3. The van der Waals surface area contributed by atoms with Gasteiger partial charge in [0.1, 0.15) is 12.4 Å². The van der Waals surface area contributed by atoms with Crippen LogP contribution < -0.4 is 10.5 Å². The third-order valence-corrected chi connectivity index (χ3v) is 3.77. The number of ether oxygens (including phenoxy) is 1. The fourth-order valence-corrected chi connectivity index (χ4v) is 2.05. The van der Waals surface area contributed by atoms with Crippen LogP contribution in [0.1, 0.15) is 45.2 Å². The average Bonchev–Trinajstić information content (AvgIpc) is 2.36. The van der Waals surface area contributed by atoms with Gasteiger partial charge in [0.2, 0.25) is 0 Å². The molecule has 0 heterocycles. The molecule has 1 rings (SSSR count). The predicted molar refractivity (Wildman–Crippen MR) is 77.8 cm³/mol. The molecule has 4 heteroatoms. The third-order valence-electron chi connectivity index (χ3n) is 3.27. The zero-order valence-electron chi connectivity index (χ0n) is 11.2. The smallest absolute Gasteiger partial charge is 0.124 e. The number of nitrogens with two attached hydrogens (primary N) is 1. The van der Waals surface area contributed by atoms with E-state index in [0.29, 0.717) is 19.4 Å². The van der Waals surface area contributed by atoms with Gasteiger partial charge in [-0.1, -0.05) is 29.8 Å². The minimum atomic E-state index is -0.762. The number of halogens is 1. The van der Waals surface area contributed by atoms with Gasteiger partial charge in [-0.25, -0.2) is 0 Å². The topological polar surface area (TPSA) is 55.5 Å². The second kappa shape index (κ2) is 6.55. The zero-order chi connectivity index (χ0) is 13.8. The minimum absolute atomic E-state index is 0.103. The van der Waals surface area contributed by atoms with Crippen LogP contribution in [0.4, 0.5) is 0 Å². The number of rotatable bonds is 6. The van der Waals surface area contributed by atoms with E-state index in [1.54, 1.807) is 0 Å². The Morgan fingerprint density at radius 1 is 1.39 bits per heavy atom. The van der Waals surface area contributed by atoms with Crippen LogP contribution in [0.3, 0.4) is 0 Å². The van der Waals surface area contributed by atoms with Crippen molar-refractivity contribution in [3.63, 3.8) is 0 Å². The first kappa shape index (κ1) is 15.5. The van der Waals surface area contributed by atoms with Gasteiger partial charge in [-0.3, -0.25) is 0 Å². The molecule has 0 saturated heterocycles. The summed E-state index contributed by atoms with van der Waals surface area (Å²) in [6.07, 6.45) is 1.35. The number of benzene rings is 1. The largest absolute Gasteiger partial charge is 0.490 e. The summed E-state index contributed by atoms with van der Waals surface area (Å²) in [5.74, 6) is 0.744. The molecule has 3 N–H and O–H groups in total. The Bertz CT molecular complexity index is 389. The molecule has 0 fully saturated rings. The molecule has 0 aliphatic carbocycles. The van der Waals surface area contributed by atoms with Gasteiger partial charge in [0, 0.05) is 16.1 Å². The molecular weight excluding hydrogens is 294 g/mol. The van der Waals surface area contributed by atoms with Crippen LogP contribution in [0.25, 0.3) is 0 Å². The van der Waals surface area contributed by atoms with Crippen molar-refractivity contribution in [2.75, 3.05) is 6.61 Å². The average molecular weight is 316 g/mol. The normalized spacial score (nSPS) is 13.4. The Hall–Kier alpha value is -0.580. The Morgan fingerprint density at radius 3 is 2.50 bits per heavy atom. The maximum absolute atomic E-state index is 10.2. The first-order valence-corrected chi connectivity index (χ1v) is 7.11. The highest BCUT2D eigenvalue weighted by Gasteiger charge is 2.23. The molecule has 18 heavy (non-hydrogen) atoms. The lowest BCUT2D eigenvalue weighted by atomic mass is 9.99. The van der Waals surface area contributed by atoms with Crippen molar-refractivity contribution < 1.29 is 9.84 Å². The van der Waals surface area contributed by atoms with E-state index < -0.39 is 5.60 Å². The monoisotopic (exact) mass is 315 g/mol. The summed E-state index contributed by atoms with van der Waals surface area (Å²) in [6.45, 7) is 6.13. The molecule has 1 atom stereocenters. The predicted octanol–water partition coefficient (Wildman–Crippen LogP) is 3.40. The summed E-state index contributed by atoms with van der Waals surface area (Å²) in [7, 11) is 0. The second-order valence-electron chi connectivity index (χ2n) is 4.69. The van der Waals surface area contributed by atoms with Crippen LogP contribution in [-0.4, -0.2) is 17.3 Å². The van der Waals surface area contributed by atoms with Crippen molar-refractivity contribution in [3.05, 3.63) is 28.2 Å². The fraction of sp³-hybridized carbons (Fsp3) is 0.571. The van der Waals surface area contributed by atoms with Crippen molar-refractivity contribution in [2.45, 2.75) is 45.3 Å². The van der Waals surface area contributed by atoms with E-state index in [0.717, 1.165) is 15.8 Å². The molecule has 0 aromatic heterocycles. The molecule has 3 nitrogen and oxygen atoms in total. The lowest BCUT2D eigenvalue weighted by molar-refractivity contribution is -0.0116. The van der Waals surface area contributed by atoms with E-state index in [2.05, 4.69) is 15.9 Å². The summed E-state index contributed by atoms with van der Waals surface area (Å²) in [5, 5.41) is 10.2. The van der Waals surface area contributed by atoms with Gasteiger partial charge in [-0.2, -0.15) is 0 Å². The fourth-order valence-electron chi connectivity index (χ4n) is 1.67. The molecule has 1 aromatic carbocycles. The minimum Gasteiger partial charge on any atom is -0.490 e. The van der Waals surface area contributed by atoms with Gasteiger partial charge in [-0.05, 0) is 38.0 Å². The summed E-state index contributed by atoms with van der Waals surface area (Å²) in [6, 6.07) is 5.65. The van der Waals surface area contributed by atoms with Gasteiger partial charge < -0.3 is 15.6 Å². The van der Waals surface area contributed by atoms with Crippen molar-refractivity contribution in [3.8, 4) is 5.75 Å². The van der Waals surface area contributed by atoms with Gasteiger partial charge in [0.25, 0.3) is 0 Å². The lowest BCUT2D eigenvalue weighted by Crippen LogP contribution is -2.34. The van der Waals surface area contributed by atoms with Crippen LogP contribution in [-0.2, 0) is 0 Å². The summed E-state index contributed by atoms with van der Waals surface area (Å²) < 4.78 is 6.72. The van der Waals surface area contributed by atoms with Crippen molar-refractivity contribution >= 4 is 15.9 Å². The molecule has 0 amide bonds. The van der Waals surface area contributed by atoms with Gasteiger partial charge >= 0.3 is 0 Å². The molecular formula is C14H22BrNO2. The van der Waals surface area contributed by atoms with E-state index >= 15 is 0 Å². The molecule has 1 unspecified atom stereocenters. The third kappa shape index (κ3) is 3.97. The molecule has 1 aromatic rings. The lowest BCUT2D eigenvalue weighted by Gasteiger charge is -2.26. The molecule has 0 aliphatic heterocycles. The van der Waals surface area contributed by atoms with Crippen LogP contribution >= 0.6 is 15.9 Å². The molecule has 0 spiro atoms. The Balaban J connectivity index is 2.85. The highest BCUT2D eigenvalue weighted by atomic mass is 79.9. The van der Waals surface area contributed by atoms with E-state index in [-0.39, 0.29) is 6.04 Å². The van der Waals surface area contributed by atoms with Gasteiger partial charge in [0.05, 0.1) is 5.60 Å². The van der Waals surface area contributed by atoms with Crippen LogP contribution in [0.5, 0.6) is 5.75 Å². The van der Waals surface area contributed by atoms with E-state index in [4.69, 9.17) is 10.5 Å². The number of aliphatic hydroxyl groups is 1. The summed E-state index contributed by atoms with van der Waals surface area (Å²) >= 11 is 3.42. The van der Waals surface area contributed by atoms with Crippen molar-refractivity contribution in [1.82, 2.24) is 0 Å². The Labute approximate surface area is 117 Å². The van der Waals surface area contributed by atoms with E-state index in [1.807, 2.05) is 39.0 Å². The van der Waals surface area contributed by atoms with Gasteiger partial charge in [-0.15, -0.1) is 0 Å². The standard InChI is InChI=1S/C14H22BrNO2/c1-4-14(17,5-2)9-18-13-7-6-11(15)8-12(13)10(3)16/h6-8,10,17H,4-5,9,16H2,1-3H3. The quantitative estimate of drug-likeness (QED) is 0.846. The highest BCUT2D eigenvalue weighted by Crippen LogP contribution is 2.28. The highest BCUT2D eigenvalue weighted by molar-refractivity contribution is 9.10. The van der Waals surface area contributed by atoms with Crippen LogP contribution in [0, 0.1) is 0 Å². The Morgan fingerprint density at radius 2 is 2.00 bits per heavy atom. The molecule has 0 bridgehead atoms. The van der Waals surface area contributed by atoms with E-state index in [1.165, 1.54) is 0 Å². The maximum Gasteiger partial charge on any atom is 0.124 e. The molecule has 0 aliphatic rings. The van der Waals surface area contributed by atoms with Crippen LogP contribution in [0.15, 0.2) is 22.7 Å². The summed E-state index contributed by atoms with van der Waals surface area (Å²) in [5.41, 5.74) is 6.11. The molecule has 102 valence electrons.